The molecule has 1 aromatic heterocycles. The zero-order valence-electron chi connectivity index (χ0n) is 10.4. The van der Waals surface area contributed by atoms with Crippen LogP contribution in [0.1, 0.15) is 30.8 Å². The second-order valence-corrected chi connectivity index (χ2v) is 5.78. The third kappa shape index (κ3) is 3.92. The molecule has 1 aromatic rings. The van der Waals surface area contributed by atoms with Gasteiger partial charge in [0.2, 0.25) is 0 Å². The Kier molecular flexibility index (Phi) is 4.45. The molecule has 0 radical (unpaired) electrons. The van der Waals surface area contributed by atoms with Gasteiger partial charge in [-0.15, -0.1) is 11.3 Å². The van der Waals surface area contributed by atoms with Gasteiger partial charge < -0.3 is 4.90 Å². The van der Waals surface area contributed by atoms with Crippen LogP contribution in [0.2, 0.25) is 0 Å². The molecule has 0 fully saturated rings. The fourth-order valence-electron chi connectivity index (χ4n) is 1.33. The van der Waals surface area contributed by atoms with Gasteiger partial charge in [-0.3, -0.25) is 0 Å². The fraction of sp³-hybridized carbons (Fsp3) is 0.667. The molecule has 0 aliphatic rings. The second kappa shape index (κ2) is 5.42. The van der Waals surface area contributed by atoms with E-state index in [4.69, 9.17) is 5.26 Å². The summed E-state index contributed by atoms with van der Waals surface area (Å²) in [5, 5.41) is 8.93. The molecule has 1 heterocycles. The first-order valence-corrected chi connectivity index (χ1v) is 6.31. The minimum atomic E-state index is -0.225. The maximum absolute atomic E-state index is 8.93. The molecule has 0 N–H and O–H groups in total. The van der Waals surface area contributed by atoms with Crippen LogP contribution in [0.15, 0.2) is 5.51 Å². The van der Waals surface area contributed by atoms with Crippen molar-refractivity contribution in [1.82, 2.24) is 9.88 Å². The smallest absolute Gasteiger partial charge is 0.0798 e. The number of rotatable bonds is 5. The summed E-state index contributed by atoms with van der Waals surface area (Å²) in [6.45, 7) is 7.88. The van der Waals surface area contributed by atoms with E-state index in [1.54, 1.807) is 11.3 Å². The van der Waals surface area contributed by atoms with Crippen molar-refractivity contribution in [3.63, 3.8) is 0 Å². The lowest BCUT2D eigenvalue weighted by Gasteiger charge is -2.21. The van der Waals surface area contributed by atoms with E-state index in [9.17, 15) is 0 Å². The van der Waals surface area contributed by atoms with Gasteiger partial charge in [-0.1, -0.05) is 0 Å². The van der Waals surface area contributed by atoms with Gasteiger partial charge >= 0.3 is 0 Å². The Morgan fingerprint density at radius 1 is 1.56 bits per heavy atom. The summed E-state index contributed by atoms with van der Waals surface area (Å²) in [5.74, 6) is 0. The Balaban J connectivity index is 2.41. The van der Waals surface area contributed by atoms with Gasteiger partial charge in [0.1, 0.15) is 0 Å². The highest BCUT2D eigenvalue weighted by molar-refractivity contribution is 7.09. The number of aryl methyl sites for hydroxylation is 1. The van der Waals surface area contributed by atoms with Crippen molar-refractivity contribution in [3.05, 3.63) is 16.1 Å². The first-order valence-electron chi connectivity index (χ1n) is 5.43. The lowest BCUT2D eigenvalue weighted by molar-refractivity contribution is 0.281. The number of nitriles is 1. The zero-order valence-corrected chi connectivity index (χ0v) is 11.3. The van der Waals surface area contributed by atoms with Gasteiger partial charge in [0.05, 0.1) is 22.7 Å². The number of aromatic nitrogens is 1. The van der Waals surface area contributed by atoms with E-state index in [1.165, 1.54) is 4.88 Å². The van der Waals surface area contributed by atoms with Gasteiger partial charge in [0.15, 0.2) is 0 Å². The number of thiazole rings is 1. The maximum Gasteiger partial charge on any atom is 0.0798 e. The molecule has 0 aromatic carbocycles. The summed E-state index contributed by atoms with van der Waals surface area (Å²) >= 11 is 1.70. The molecule has 3 nitrogen and oxygen atoms in total. The van der Waals surface area contributed by atoms with E-state index in [2.05, 4.69) is 23.0 Å². The lowest BCUT2D eigenvalue weighted by Crippen LogP contribution is -2.23. The second-order valence-electron chi connectivity index (χ2n) is 4.84. The first kappa shape index (κ1) is 13.1. The largest absolute Gasteiger partial charge is 0.301 e. The Hall–Kier alpha value is -0.920. The number of hydrogen-bond donors (Lipinski definition) is 0. The van der Waals surface area contributed by atoms with Crippen LogP contribution in [0.3, 0.4) is 0 Å². The van der Waals surface area contributed by atoms with Crippen LogP contribution >= 0.6 is 11.3 Å². The molecule has 0 saturated carbocycles. The molecule has 0 amide bonds. The maximum atomic E-state index is 8.93. The molecule has 1 rings (SSSR count). The van der Waals surface area contributed by atoms with Crippen LogP contribution in [0.4, 0.5) is 0 Å². The molecule has 4 heteroatoms. The molecule has 0 spiro atoms. The van der Waals surface area contributed by atoms with Crippen LogP contribution in [0.25, 0.3) is 0 Å². The standard InChI is InChI=1S/C12H19N3S/c1-10-11(16-9-14-10)7-15(4)6-5-12(2,3)8-13/h9H,5-7H2,1-4H3. The fourth-order valence-corrected chi connectivity index (χ4v) is 2.18. The Morgan fingerprint density at radius 3 is 2.75 bits per heavy atom. The van der Waals surface area contributed by atoms with Crippen LogP contribution in [0.5, 0.6) is 0 Å². The summed E-state index contributed by atoms with van der Waals surface area (Å²) < 4.78 is 0. The van der Waals surface area contributed by atoms with Crippen LogP contribution < -0.4 is 0 Å². The third-order valence-electron chi connectivity index (χ3n) is 2.68. The summed E-state index contributed by atoms with van der Waals surface area (Å²) in [5.41, 5.74) is 2.78. The highest BCUT2D eigenvalue weighted by atomic mass is 32.1. The Bertz CT molecular complexity index is 376. The van der Waals surface area contributed by atoms with E-state index < -0.39 is 0 Å². The van der Waals surface area contributed by atoms with Crippen LogP contribution in [0, 0.1) is 23.7 Å². The summed E-state index contributed by atoms with van der Waals surface area (Å²) in [7, 11) is 2.09. The highest BCUT2D eigenvalue weighted by Crippen LogP contribution is 2.20. The molecule has 0 aliphatic carbocycles. The Labute approximate surface area is 102 Å². The van der Waals surface area contributed by atoms with E-state index >= 15 is 0 Å². The predicted molar refractivity (Wildman–Crippen MR) is 67.2 cm³/mol. The average Bonchev–Trinajstić information content (AvgIpc) is 2.62. The van der Waals surface area contributed by atoms with Gasteiger partial charge in [-0.2, -0.15) is 5.26 Å². The van der Waals surface area contributed by atoms with Crippen molar-refractivity contribution < 1.29 is 0 Å². The van der Waals surface area contributed by atoms with Gasteiger partial charge in [0.25, 0.3) is 0 Å². The van der Waals surface area contributed by atoms with Crippen molar-refractivity contribution in [2.75, 3.05) is 13.6 Å². The van der Waals surface area contributed by atoms with Crippen LogP contribution in [-0.4, -0.2) is 23.5 Å². The number of hydrogen-bond acceptors (Lipinski definition) is 4. The van der Waals surface area contributed by atoms with Gasteiger partial charge in [0, 0.05) is 11.4 Å². The van der Waals surface area contributed by atoms with E-state index in [-0.39, 0.29) is 5.41 Å². The quantitative estimate of drug-likeness (QED) is 0.790. The summed E-state index contributed by atoms with van der Waals surface area (Å²) in [6, 6.07) is 2.33. The van der Waals surface area contributed by atoms with E-state index in [0.29, 0.717) is 0 Å². The van der Waals surface area contributed by atoms with Crippen molar-refractivity contribution in [1.29, 1.82) is 5.26 Å². The Morgan fingerprint density at radius 2 is 2.25 bits per heavy atom. The molecule has 16 heavy (non-hydrogen) atoms. The highest BCUT2D eigenvalue weighted by Gasteiger charge is 2.17. The molecule has 0 bridgehead atoms. The number of nitrogens with zero attached hydrogens (tertiary/aromatic N) is 3. The minimum Gasteiger partial charge on any atom is -0.301 e. The molecular weight excluding hydrogens is 218 g/mol. The van der Waals surface area contributed by atoms with E-state index in [1.807, 2.05) is 26.3 Å². The molecule has 0 unspecified atom stereocenters. The van der Waals surface area contributed by atoms with Crippen molar-refractivity contribution in [2.45, 2.75) is 33.7 Å². The van der Waals surface area contributed by atoms with Gasteiger partial charge in [-0.25, -0.2) is 4.98 Å². The van der Waals surface area contributed by atoms with Crippen molar-refractivity contribution >= 4 is 11.3 Å². The summed E-state index contributed by atoms with van der Waals surface area (Å²) in [4.78, 5) is 7.80. The summed E-state index contributed by atoms with van der Waals surface area (Å²) in [6.07, 6.45) is 0.901. The monoisotopic (exact) mass is 237 g/mol. The normalized spacial score (nSPS) is 11.8. The molecule has 0 atom stereocenters. The predicted octanol–water partition coefficient (Wildman–Crippen LogP) is 2.82. The van der Waals surface area contributed by atoms with Crippen LogP contribution in [-0.2, 0) is 6.54 Å². The van der Waals surface area contributed by atoms with Crippen molar-refractivity contribution in [2.24, 2.45) is 5.41 Å². The topological polar surface area (TPSA) is 39.9 Å². The lowest BCUT2D eigenvalue weighted by atomic mass is 9.91. The first-order chi connectivity index (χ1) is 7.44. The third-order valence-corrected chi connectivity index (χ3v) is 3.60. The molecule has 0 saturated heterocycles. The van der Waals surface area contributed by atoms with Gasteiger partial charge in [-0.05, 0) is 40.8 Å². The molecule has 88 valence electrons. The van der Waals surface area contributed by atoms with E-state index in [0.717, 1.165) is 25.2 Å². The SMILES string of the molecule is Cc1ncsc1CN(C)CCC(C)(C)C#N. The molecular formula is C12H19N3S. The average molecular weight is 237 g/mol. The minimum absolute atomic E-state index is 0.225. The molecule has 0 aliphatic heterocycles. The van der Waals surface area contributed by atoms with Crippen molar-refractivity contribution in [3.8, 4) is 6.07 Å². The zero-order chi connectivity index (χ0) is 12.2.